The van der Waals surface area contributed by atoms with E-state index in [0.29, 0.717) is 48.4 Å². The number of carbonyl (C=O) groups is 1. The van der Waals surface area contributed by atoms with Crippen LogP contribution in [0.4, 0.5) is 22.0 Å². The first-order valence-electron chi connectivity index (χ1n) is 12.8. The van der Waals surface area contributed by atoms with Crippen molar-refractivity contribution >= 4 is 30.8 Å². The number of hydrogen-bond acceptors (Lipinski definition) is 5. The van der Waals surface area contributed by atoms with Crippen molar-refractivity contribution in [1.82, 2.24) is 10.2 Å². The van der Waals surface area contributed by atoms with Crippen LogP contribution in [0.5, 0.6) is 11.5 Å². The summed E-state index contributed by atoms with van der Waals surface area (Å²) in [5.74, 6) is -4.93. The molecule has 2 fully saturated rings. The standard InChI is InChI=1S/C29H27F5N2O4.2ClH/c30-18-3-6-22(31)26(11-18)40-27(29(37)38)9-16-1-4-19(5-2-16)39-8-7-35-28-20-14-36(15-21(20)28)13-17-10-24(33)25(34)12-23(17)32;;/h1-6,10-12,20-21,27-28,35H,7-9,13-15H2,(H,37,38);2*1H/t20-,21+,27-,28?;;/m0../s1. The molecule has 1 saturated heterocycles. The molecule has 0 bridgehead atoms. The smallest absolute Gasteiger partial charge is 0.345 e. The highest BCUT2D eigenvalue weighted by Crippen LogP contribution is 2.45. The summed E-state index contributed by atoms with van der Waals surface area (Å²) >= 11 is 0. The first kappa shape index (κ1) is 33.4. The van der Waals surface area contributed by atoms with E-state index >= 15 is 0 Å². The van der Waals surface area contributed by atoms with Gasteiger partial charge in [-0.25, -0.2) is 26.7 Å². The molecule has 0 radical (unpaired) electrons. The summed E-state index contributed by atoms with van der Waals surface area (Å²) in [7, 11) is 0. The lowest BCUT2D eigenvalue weighted by Crippen LogP contribution is -2.33. The molecule has 1 aliphatic heterocycles. The number of carboxylic acid groups (broad SMARTS) is 1. The number of nitrogens with one attached hydrogen (secondary N) is 1. The number of hydrogen-bond donors (Lipinski definition) is 2. The average molecular weight is 635 g/mol. The maximum absolute atomic E-state index is 13.9. The summed E-state index contributed by atoms with van der Waals surface area (Å²) < 4.78 is 78.7. The van der Waals surface area contributed by atoms with Gasteiger partial charge in [0.25, 0.3) is 0 Å². The van der Waals surface area contributed by atoms with Crippen molar-refractivity contribution in [3.05, 3.63) is 94.8 Å². The van der Waals surface area contributed by atoms with Gasteiger partial charge in [0.05, 0.1) is 0 Å². The number of carboxylic acids is 1. The first-order chi connectivity index (χ1) is 19.2. The fourth-order valence-electron chi connectivity index (χ4n) is 5.20. The Balaban J connectivity index is 0.00000242. The van der Waals surface area contributed by atoms with Crippen LogP contribution in [-0.4, -0.2) is 54.4 Å². The number of benzene rings is 3. The molecule has 6 nitrogen and oxygen atoms in total. The number of fused-ring (bicyclic) bond motifs is 1. The van der Waals surface area contributed by atoms with Crippen molar-refractivity contribution < 1.29 is 41.3 Å². The zero-order valence-electron chi connectivity index (χ0n) is 22.1. The molecular formula is C29H29Cl2F5N2O4. The van der Waals surface area contributed by atoms with Gasteiger partial charge in [0.2, 0.25) is 0 Å². The Bertz CT molecular complexity index is 1370. The molecule has 42 heavy (non-hydrogen) atoms. The zero-order chi connectivity index (χ0) is 28.4. The molecule has 1 aliphatic carbocycles. The lowest BCUT2D eigenvalue weighted by atomic mass is 10.1. The van der Waals surface area contributed by atoms with Crippen molar-refractivity contribution in [2.75, 3.05) is 26.2 Å². The molecule has 3 aromatic rings. The number of halogens is 7. The molecule has 1 heterocycles. The lowest BCUT2D eigenvalue weighted by molar-refractivity contribution is -0.145. The number of aliphatic carboxylic acids is 1. The summed E-state index contributed by atoms with van der Waals surface area (Å²) in [6, 6.07) is 11.2. The fourth-order valence-corrected chi connectivity index (χ4v) is 5.20. The highest BCUT2D eigenvalue weighted by molar-refractivity contribution is 5.85. The van der Waals surface area contributed by atoms with Crippen LogP contribution in [0.3, 0.4) is 0 Å². The van der Waals surface area contributed by atoms with Crippen molar-refractivity contribution in [2.24, 2.45) is 11.8 Å². The maximum Gasteiger partial charge on any atom is 0.345 e. The van der Waals surface area contributed by atoms with Crippen molar-refractivity contribution in [3.63, 3.8) is 0 Å². The van der Waals surface area contributed by atoms with Gasteiger partial charge in [-0.3, -0.25) is 4.90 Å². The second kappa shape index (κ2) is 14.4. The normalized spacial score (nSPS) is 19.7. The number of nitrogens with zero attached hydrogens (tertiary/aromatic N) is 1. The molecule has 2 N–H and O–H groups in total. The highest BCUT2D eigenvalue weighted by atomic mass is 35.5. The van der Waals surface area contributed by atoms with Crippen LogP contribution < -0.4 is 14.8 Å². The minimum absolute atomic E-state index is 0. The Labute approximate surface area is 251 Å². The van der Waals surface area contributed by atoms with E-state index in [-0.39, 0.29) is 43.3 Å². The van der Waals surface area contributed by atoms with Crippen molar-refractivity contribution in [3.8, 4) is 11.5 Å². The van der Waals surface area contributed by atoms with Crippen LogP contribution in [0.1, 0.15) is 11.1 Å². The second-order valence-electron chi connectivity index (χ2n) is 10.1. The molecule has 5 rings (SSSR count). The van der Waals surface area contributed by atoms with Crippen LogP contribution >= 0.6 is 24.8 Å². The van der Waals surface area contributed by atoms with Gasteiger partial charge in [-0.05, 0) is 47.7 Å². The number of ether oxygens (including phenoxy) is 2. The number of piperidine rings is 1. The van der Waals surface area contributed by atoms with Gasteiger partial charge in [-0.1, -0.05) is 12.1 Å². The molecule has 0 spiro atoms. The van der Waals surface area contributed by atoms with Gasteiger partial charge in [-0.2, -0.15) is 0 Å². The molecule has 13 heteroatoms. The summed E-state index contributed by atoms with van der Waals surface area (Å²) in [6.45, 7) is 2.74. The SMILES string of the molecule is Cl.Cl.O=C(O)[C@H](Cc1ccc(OCCNC2[C@H]3CN(Cc4cc(F)c(F)cc4F)C[C@@H]23)cc1)Oc1cc(F)ccc1F. The largest absolute Gasteiger partial charge is 0.492 e. The van der Waals surface area contributed by atoms with Crippen LogP contribution in [0.25, 0.3) is 0 Å². The van der Waals surface area contributed by atoms with E-state index in [1.54, 1.807) is 24.3 Å². The van der Waals surface area contributed by atoms with Crippen molar-refractivity contribution in [1.29, 1.82) is 0 Å². The van der Waals surface area contributed by atoms with Gasteiger partial charge < -0.3 is 19.9 Å². The Morgan fingerprint density at radius 2 is 1.57 bits per heavy atom. The van der Waals surface area contributed by atoms with E-state index in [0.717, 1.165) is 37.4 Å². The summed E-state index contributed by atoms with van der Waals surface area (Å²) in [6.07, 6.45) is -1.46. The number of likely N-dealkylation sites (tertiary alicyclic amines) is 1. The molecule has 4 atom stereocenters. The minimum Gasteiger partial charge on any atom is -0.492 e. The van der Waals surface area contributed by atoms with E-state index < -0.39 is 46.9 Å². The Morgan fingerprint density at radius 3 is 2.24 bits per heavy atom. The Hall–Kier alpha value is -3.12. The summed E-state index contributed by atoms with van der Waals surface area (Å²) in [4.78, 5) is 13.6. The summed E-state index contributed by atoms with van der Waals surface area (Å²) in [5, 5.41) is 12.9. The van der Waals surface area contributed by atoms with Crippen LogP contribution in [0.15, 0.2) is 54.6 Å². The topological polar surface area (TPSA) is 71.0 Å². The quantitative estimate of drug-likeness (QED) is 0.158. The molecule has 0 amide bonds. The molecule has 1 unspecified atom stereocenters. The van der Waals surface area contributed by atoms with E-state index in [1.807, 2.05) is 4.90 Å². The Morgan fingerprint density at radius 1 is 0.905 bits per heavy atom. The van der Waals surface area contributed by atoms with Gasteiger partial charge in [0.1, 0.15) is 24.0 Å². The molecule has 2 aliphatic rings. The molecular weight excluding hydrogens is 606 g/mol. The predicted octanol–water partition coefficient (Wildman–Crippen LogP) is 5.40. The Kier molecular flexibility index (Phi) is 11.4. The zero-order valence-corrected chi connectivity index (χ0v) is 23.7. The minimum atomic E-state index is -1.41. The molecule has 3 aromatic carbocycles. The average Bonchev–Trinajstić information content (AvgIpc) is 3.36. The van der Waals surface area contributed by atoms with E-state index in [4.69, 9.17) is 9.47 Å². The van der Waals surface area contributed by atoms with Crippen LogP contribution in [0, 0.1) is 40.9 Å². The van der Waals surface area contributed by atoms with E-state index in [2.05, 4.69) is 5.32 Å². The molecule has 1 saturated carbocycles. The van der Waals surface area contributed by atoms with Crippen LogP contribution in [0.2, 0.25) is 0 Å². The van der Waals surface area contributed by atoms with Crippen LogP contribution in [-0.2, 0) is 17.8 Å². The van der Waals surface area contributed by atoms with E-state index in [1.165, 1.54) is 0 Å². The van der Waals surface area contributed by atoms with Gasteiger partial charge >= 0.3 is 5.97 Å². The summed E-state index contributed by atoms with van der Waals surface area (Å²) in [5.41, 5.74) is 0.768. The highest BCUT2D eigenvalue weighted by Gasteiger charge is 2.55. The third kappa shape index (κ3) is 8.03. The van der Waals surface area contributed by atoms with E-state index in [9.17, 15) is 31.9 Å². The fraction of sp³-hybridized carbons (Fsp3) is 0.345. The third-order valence-corrected chi connectivity index (χ3v) is 7.29. The van der Waals surface area contributed by atoms with Gasteiger partial charge in [-0.15, -0.1) is 24.8 Å². The molecule has 228 valence electrons. The molecule has 0 aromatic heterocycles. The van der Waals surface area contributed by atoms with Gasteiger partial charge in [0.15, 0.2) is 29.3 Å². The maximum atomic E-state index is 13.9. The predicted molar refractivity (Wildman–Crippen MR) is 149 cm³/mol. The van der Waals surface area contributed by atoms with Crippen molar-refractivity contribution in [2.45, 2.75) is 25.1 Å². The monoisotopic (exact) mass is 634 g/mol. The third-order valence-electron chi connectivity index (χ3n) is 7.29. The first-order valence-corrected chi connectivity index (χ1v) is 12.8. The lowest BCUT2D eigenvalue weighted by Gasteiger charge is -2.20. The number of rotatable bonds is 12. The van der Waals surface area contributed by atoms with Gasteiger partial charge in [0, 0.05) is 56.3 Å². The second-order valence-corrected chi connectivity index (χ2v) is 10.1.